The number of methoxy groups -OCH3 is 1. The highest BCUT2D eigenvalue weighted by atomic mass is 35.5. The van der Waals surface area contributed by atoms with Crippen molar-refractivity contribution in [1.82, 2.24) is 5.32 Å². The van der Waals surface area contributed by atoms with Crippen molar-refractivity contribution in [1.29, 1.82) is 0 Å². The molecular weight excluding hydrogens is 388 g/mol. The monoisotopic (exact) mass is 410 g/mol. The van der Waals surface area contributed by atoms with Gasteiger partial charge in [-0.25, -0.2) is 8.42 Å². The number of hydrogen-bond donors (Lipinski definition) is 1. The third-order valence-corrected chi connectivity index (χ3v) is 5.56. The Hall–Kier alpha value is -2.25. The number of carbonyl (C=O) groups excluding carboxylic acids is 1. The lowest BCUT2D eigenvalue weighted by Gasteiger charge is -2.28. The molecule has 0 fully saturated rings. The van der Waals surface area contributed by atoms with Crippen LogP contribution in [-0.4, -0.2) is 33.7 Å². The van der Waals surface area contributed by atoms with Crippen LogP contribution >= 0.6 is 11.6 Å². The van der Waals surface area contributed by atoms with Crippen molar-refractivity contribution in [2.45, 2.75) is 26.4 Å². The molecule has 0 heterocycles. The molecule has 0 aliphatic carbocycles. The van der Waals surface area contributed by atoms with Crippen LogP contribution in [0.25, 0.3) is 0 Å². The van der Waals surface area contributed by atoms with Crippen LogP contribution in [-0.2, 0) is 21.4 Å². The molecule has 2 aromatic rings. The maximum atomic E-state index is 12.6. The maximum absolute atomic E-state index is 12.6. The lowest BCUT2D eigenvalue weighted by Crippen LogP contribution is -2.47. The number of amides is 1. The van der Waals surface area contributed by atoms with E-state index in [2.05, 4.69) is 5.32 Å². The minimum Gasteiger partial charge on any atom is -0.495 e. The predicted molar refractivity (Wildman–Crippen MR) is 108 cm³/mol. The number of rotatable bonds is 7. The van der Waals surface area contributed by atoms with Crippen molar-refractivity contribution in [2.24, 2.45) is 0 Å². The van der Waals surface area contributed by atoms with Gasteiger partial charge in [0.1, 0.15) is 11.8 Å². The van der Waals surface area contributed by atoms with Crippen LogP contribution in [0.2, 0.25) is 5.02 Å². The summed E-state index contributed by atoms with van der Waals surface area (Å²) in [7, 11) is -2.25. The predicted octanol–water partition coefficient (Wildman–Crippen LogP) is 3.13. The lowest BCUT2D eigenvalue weighted by molar-refractivity contribution is -0.122. The standard InChI is InChI=1S/C19H23ClN2O4S/c1-13-6-5-7-15(10-13)12-21-19(23)14(2)22(27(4,24)25)16-8-9-18(26-3)17(20)11-16/h5-11,14H,12H2,1-4H3,(H,21,23)/t14-/m0/s1. The minimum absolute atomic E-state index is 0.260. The van der Waals surface area contributed by atoms with Crippen LogP contribution in [0.3, 0.4) is 0 Å². The third kappa shape index (κ3) is 5.37. The van der Waals surface area contributed by atoms with Crippen molar-refractivity contribution in [3.8, 4) is 5.75 Å². The second-order valence-electron chi connectivity index (χ2n) is 6.26. The molecule has 1 atom stereocenters. The Balaban J connectivity index is 2.23. The summed E-state index contributed by atoms with van der Waals surface area (Å²) in [5.74, 6) is 0.0132. The van der Waals surface area contributed by atoms with Crippen molar-refractivity contribution in [3.63, 3.8) is 0 Å². The van der Waals surface area contributed by atoms with Gasteiger partial charge in [0.2, 0.25) is 15.9 Å². The van der Waals surface area contributed by atoms with Crippen molar-refractivity contribution < 1.29 is 17.9 Å². The molecular formula is C19H23ClN2O4S. The van der Waals surface area contributed by atoms with Crippen LogP contribution < -0.4 is 14.4 Å². The van der Waals surface area contributed by atoms with Gasteiger partial charge >= 0.3 is 0 Å². The van der Waals surface area contributed by atoms with Crippen LogP contribution in [0.15, 0.2) is 42.5 Å². The first-order valence-corrected chi connectivity index (χ1v) is 10.5. The average Bonchev–Trinajstić information content (AvgIpc) is 2.58. The number of ether oxygens (including phenoxy) is 1. The first-order valence-electron chi connectivity index (χ1n) is 8.29. The van der Waals surface area contributed by atoms with Crippen LogP contribution in [0.5, 0.6) is 5.75 Å². The zero-order valence-electron chi connectivity index (χ0n) is 15.7. The molecule has 0 aliphatic rings. The smallest absolute Gasteiger partial charge is 0.243 e. The topological polar surface area (TPSA) is 75.7 Å². The third-order valence-electron chi connectivity index (χ3n) is 4.03. The van der Waals surface area contributed by atoms with Crippen LogP contribution in [0.1, 0.15) is 18.1 Å². The second kappa shape index (κ2) is 8.63. The molecule has 2 rings (SSSR count). The van der Waals surface area contributed by atoms with E-state index in [1.807, 2.05) is 31.2 Å². The summed E-state index contributed by atoms with van der Waals surface area (Å²) in [5.41, 5.74) is 2.32. The fraction of sp³-hybridized carbons (Fsp3) is 0.316. The molecule has 0 aromatic heterocycles. The van der Waals surface area contributed by atoms with E-state index in [4.69, 9.17) is 16.3 Å². The fourth-order valence-corrected chi connectivity index (χ4v) is 4.18. The minimum atomic E-state index is -3.72. The Morgan fingerprint density at radius 3 is 2.52 bits per heavy atom. The molecule has 0 spiro atoms. The summed E-state index contributed by atoms with van der Waals surface area (Å²) in [4.78, 5) is 12.6. The molecule has 2 aromatic carbocycles. The van der Waals surface area contributed by atoms with Gasteiger partial charge in [0.25, 0.3) is 0 Å². The second-order valence-corrected chi connectivity index (χ2v) is 8.53. The van der Waals surface area contributed by atoms with Gasteiger partial charge in [0.05, 0.1) is 24.1 Å². The highest BCUT2D eigenvalue weighted by Gasteiger charge is 2.29. The normalized spacial score (nSPS) is 12.3. The van der Waals surface area contributed by atoms with Gasteiger partial charge in [-0.1, -0.05) is 41.4 Å². The van der Waals surface area contributed by atoms with E-state index < -0.39 is 22.0 Å². The Bertz CT molecular complexity index is 931. The summed E-state index contributed by atoms with van der Waals surface area (Å²) in [6.07, 6.45) is 1.05. The van der Waals surface area contributed by atoms with E-state index in [9.17, 15) is 13.2 Å². The van der Waals surface area contributed by atoms with Crippen molar-refractivity contribution >= 4 is 33.2 Å². The van der Waals surface area contributed by atoms with Gasteiger partial charge < -0.3 is 10.1 Å². The number of aryl methyl sites for hydroxylation is 1. The molecule has 8 heteroatoms. The molecule has 1 amide bonds. The maximum Gasteiger partial charge on any atom is 0.243 e. The van der Waals surface area contributed by atoms with Crippen LogP contribution in [0, 0.1) is 6.92 Å². The van der Waals surface area contributed by atoms with Gasteiger partial charge in [0, 0.05) is 6.54 Å². The number of hydrogen-bond acceptors (Lipinski definition) is 4. The highest BCUT2D eigenvalue weighted by molar-refractivity contribution is 7.92. The van der Waals surface area contributed by atoms with Gasteiger partial charge in [-0.3, -0.25) is 9.10 Å². The first-order chi connectivity index (χ1) is 12.6. The molecule has 6 nitrogen and oxygen atoms in total. The molecule has 0 saturated heterocycles. The van der Waals surface area contributed by atoms with E-state index in [0.29, 0.717) is 18.0 Å². The molecule has 27 heavy (non-hydrogen) atoms. The summed E-state index contributed by atoms with van der Waals surface area (Å²) >= 11 is 6.12. The van der Waals surface area contributed by atoms with Crippen molar-refractivity contribution in [2.75, 3.05) is 17.7 Å². The van der Waals surface area contributed by atoms with E-state index >= 15 is 0 Å². The molecule has 1 N–H and O–H groups in total. The zero-order chi connectivity index (χ0) is 20.2. The number of anilines is 1. The largest absolute Gasteiger partial charge is 0.495 e. The Labute approximate surface area is 165 Å². The molecule has 0 saturated carbocycles. The highest BCUT2D eigenvalue weighted by Crippen LogP contribution is 2.31. The SMILES string of the molecule is COc1ccc(N([C@@H](C)C(=O)NCc2cccc(C)c2)S(C)(=O)=O)cc1Cl. The van der Waals surface area contributed by atoms with Gasteiger partial charge in [-0.05, 0) is 37.6 Å². The lowest BCUT2D eigenvalue weighted by atomic mass is 10.1. The number of carbonyl (C=O) groups is 1. The zero-order valence-corrected chi connectivity index (χ0v) is 17.3. The first kappa shape index (κ1) is 21.1. The van der Waals surface area contributed by atoms with E-state index in [0.717, 1.165) is 21.7 Å². The van der Waals surface area contributed by atoms with E-state index in [-0.39, 0.29) is 5.02 Å². The summed E-state index contributed by atoms with van der Waals surface area (Å²) in [6, 6.07) is 11.4. The fourth-order valence-electron chi connectivity index (χ4n) is 2.76. The molecule has 0 unspecified atom stereocenters. The summed E-state index contributed by atoms with van der Waals surface area (Å²) in [5, 5.41) is 3.04. The Morgan fingerprint density at radius 1 is 1.26 bits per heavy atom. The summed E-state index contributed by atoms with van der Waals surface area (Å²) < 4.78 is 30.8. The van der Waals surface area contributed by atoms with E-state index in [1.54, 1.807) is 12.1 Å². The molecule has 0 bridgehead atoms. The average molecular weight is 411 g/mol. The number of nitrogens with one attached hydrogen (secondary N) is 1. The molecule has 146 valence electrons. The Kier molecular flexibility index (Phi) is 6.73. The quantitative estimate of drug-likeness (QED) is 0.760. The van der Waals surface area contributed by atoms with E-state index in [1.165, 1.54) is 20.1 Å². The number of nitrogens with zero attached hydrogens (tertiary/aromatic N) is 1. The van der Waals surface area contributed by atoms with Gasteiger partial charge in [0.15, 0.2) is 0 Å². The van der Waals surface area contributed by atoms with Crippen molar-refractivity contribution in [3.05, 3.63) is 58.6 Å². The van der Waals surface area contributed by atoms with Gasteiger partial charge in [-0.2, -0.15) is 0 Å². The van der Waals surface area contributed by atoms with Crippen LogP contribution in [0.4, 0.5) is 5.69 Å². The number of halogens is 1. The summed E-state index contributed by atoms with van der Waals surface area (Å²) in [6.45, 7) is 3.81. The molecule has 0 aliphatic heterocycles. The number of benzene rings is 2. The van der Waals surface area contributed by atoms with Gasteiger partial charge in [-0.15, -0.1) is 0 Å². The number of sulfonamides is 1. The Morgan fingerprint density at radius 2 is 1.96 bits per heavy atom. The molecule has 0 radical (unpaired) electrons.